The van der Waals surface area contributed by atoms with Crippen LogP contribution in [0.3, 0.4) is 0 Å². The SMILES string of the molecule is CC(C(=O)N1CCCCC1CCC(=O)O)c1cc2ccccc2o1. The van der Waals surface area contributed by atoms with Gasteiger partial charge >= 0.3 is 5.97 Å². The maximum atomic E-state index is 12.9. The Morgan fingerprint density at radius 2 is 2.12 bits per heavy atom. The summed E-state index contributed by atoms with van der Waals surface area (Å²) >= 11 is 0. The normalized spacial score (nSPS) is 19.4. The summed E-state index contributed by atoms with van der Waals surface area (Å²) in [6.07, 6.45) is 3.53. The minimum Gasteiger partial charge on any atom is -0.481 e. The summed E-state index contributed by atoms with van der Waals surface area (Å²) in [5, 5.41) is 9.91. The third-order valence-electron chi connectivity index (χ3n) is 4.84. The average molecular weight is 329 g/mol. The first-order valence-corrected chi connectivity index (χ1v) is 8.57. The molecule has 1 aromatic carbocycles. The Labute approximate surface area is 141 Å². The minimum absolute atomic E-state index is 0.0224. The van der Waals surface area contributed by atoms with E-state index in [1.165, 1.54) is 0 Å². The molecular weight excluding hydrogens is 306 g/mol. The second-order valence-electron chi connectivity index (χ2n) is 6.52. The molecule has 1 saturated heterocycles. The molecular formula is C19H23NO4. The molecule has 1 aromatic heterocycles. The van der Waals surface area contributed by atoms with Crippen LogP contribution < -0.4 is 0 Å². The third kappa shape index (κ3) is 3.45. The first kappa shape index (κ1) is 16.6. The van der Waals surface area contributed by atoms with E-state index in [2.05, 4.69) is 0 Å². The molecule has 1 aliphatic rings. The summed E-state index contributed by atoms with van der Waals surface area (Å²) in [5.41, 5.74) is 0.785. The number of carboxylic acids is 1. The number of carbonyl (C=O) groups is 2. The number of piperidine rings is 1. The van der Waals surface area contributed by atoms with Gasteiger partial charge in [0.15, 0.2) is 0 Å². The Hall–Kier alpha value is -2.30. The zero-order valence-corrected chi connectivity index (χ0v) is 13.9. The lowest BCUT2D eigenvalue weighted by molar-refractivity contribution is -0.140. The number of furan rings is 1. The Balaban J connectivity index is 1.76. The largest absolute Gasteiger partial charge is 0.481 e. The summed E-state index contributed by atoms with van der Waals surface area (Å²) in [4.78, 5) is 25.7. The van der Waals surface area contributed by atoms with Gasteiger partial charge in [0.2, 0.25) is 5.91 Å². The van der Waals surface area contributed by atoms with E-state index in [1.54, 1.807) is 0 Å². The topological polar surface area (TPSA) is 70.8 Å². The Morgan fingerprint density at radius 3 is 2.88 bits per heavy atom. The first-order chi connectivity index (χ1) is 11.6. The molecule has 0 bridgehead atoms. The second-order valence-corrected chi connectivity index (χ2v) is 6.52. The van der Waals surface area contributed by atoms with Gasteiger partial charge in [-0.3, -0.25) is 9.59 Å². The summed E-state index contributed by atoms with van der Waals surface area (Å²) in [6.45, 7) is 2.57. The molecule has 2 heterocycles. The summed E-state index contributed by atoms with van der Waals surface area (Å²) in [7, 11) is 0. The summed E-state index contributed by atoms with van der Waals surface area (Å²) in [6, 6.07) is 9.67. The predicted octanol–water partition coefficient (Wildman–Crippen LogP) is 3.78. The van der Waals surface area contributed by atoms with Crippen LogP contribution in [0.4, 0.5) is 0 Å². The lowest BCUT2D eigenvalue weighted by atomic mass is 9.95. The van der Waals surface area contributed by atoms with Gasteiger partial charge in [0, 0.05) is 24.4 Å². The summed E-state index contributed by atoms with van der Waals surface area (Å²) < 4.78 is 5.83. The predicted molar refractivity (Wildman–Crippen MR) is 90.9 cm³/mol. The third-order valence-corrected chi connectivity index (χ3v) is 4.84. The maximum Gasteiger partial charge on any atom is 0.303 e. The van der Waals surface area contributed by atoms with Crippen LogP contribution >= 0.6 is 0 Å². The van der Waals surface area contributed by atoms with Crippen molar-refractivity contribution in [2.24, 2.45) is 0 Å². The van der Waals surface area contributed by atoms with Crippen LogP contribution in [-0.4, -0.2) is 34.5 Å². The fourth-order valence-corrected chi connectivity index (χ4v) is 3.47. The van der Waals surface area contributed by atoms with Gasteiger partial charge in [-0.2, -0.15) is 0 Å². The number of rotatable bonds is 5. The van der Waals surface area contributed by atoms with Crippen molar-refractivity contribution in [2.45, 2.75) is 51.0 Å². The van der Waals surface area contributed by atoms with Gasteiger partial charge in [-0.25, -0.2) is 0 Å². The number of para-hydroxylation sites is 1. The van der Waals surface area contributed by atoms with Crippen LogP contribution in [0.25, 0.3) is 11.0 Å². The smallest absolute Gasteiger partial charge is 0.303 e. The van der Waals surface area contributed by atoms with Crippen molar-refractivity contribution < 1.29 is 19.1 Å². The fourth-order valence-electron chi connectivity index (χ4n) is 3.47. The highest BCUT2D eigenvalue weighted by molar-refractivity contribution is 5.85. The van der Waals surface area contributed by atoms with E-state index in [0.717, 1.165) is 30.2 Å². The molecule has 1 amide bonds. The number of aliphatic carboxylic acids is 1. The van der Waals surface area contributed by atoms with E-state index in [1.807, 2.05) is 42.2 Å². The molecule has 1 N–H and O–H groups in total. The van der Waals surface area contributed by atoms with Crippen molar-refractivity contribution in [3.8, 4) is 0 Å². The monoisotopic (exact) mass is 329 g/mol. The van der Waals surface area contributed by atoms with Crippen LogP contribution in [0.15, 0.2) is 34.7 Å². The number of carboxylic acid groups (broad SMARTS) is 1. The van der Waals surface area contributed by atoms with Crippen LogP contribution in [0.1, 0.15) is 50.7 Å². The molecule has 0 saturated carbocycles. The molecule has 1 aliphatic heterocycles. The highest BCUT2D eigenvalue weighted by Gasteiger charge is 2.31. The molecule has 1 fully saturated rings. The number of fused-ring (bicyclic) bond motifs is 1. The Bertz CT molecular complexity index is 703. The van der Waals surface area contributed by atoms with E-state index in [0.29, 0.717) is 18.7 Å². The van der Waals surface area contributed by atoms with Crippen molar-refractivity contribution in [3.63, 3.8) is 0 Å². The standard InChI is InChI=1S/C19H23NO4/c1-13(17-12-14-6-2-3-8-16(14)24-17)19(23)20-11-5-4-7-15(20)9-10-18(21)22/h2-3,6,8,12-13,15H,4-5,7,9-11H2,1H3,(H,21,22). The average Bonchev–Trinajstić information content (AvgIpc) is 3.03. The molecule has 24 heavy (non-hydrogen) atoms. The number of carbonyl (C=O) groups excluding carboxylic acids is 1. The van der Waals surface area contributed by atoms with Crippen molar-refractivity contribution in [1.82, 2.24) is 4.90 Å². The zero-order valence-electron chi connectivity index (χ0n) is 13.9. The van der Waals surface area contributed by atoms with Crippen molar-refractivity contribution >= 4 is 22.8 Å². The molecule has 2 atom stereocenters. The number of nitrogens with zero attached hydrogens (tertiary/aromatic N) is 1. The van der Waals surface area contributed by atoms with Gasteiger partial charge in [0.05, 0.1) is 5.92 Å². The van der Waals surface area contributed by atoms with Gasteiger partial charge in [-0.15, -0.1) is 0 Å². The van der Waals surface area contributed by atoms with Gasteiger partial charge in [-0.1, -0.05) is 18.2 Å². The van der Waals surface area contributed by atoms with E-state index in [9.17, 15) is 9.59 Å². The molecule has 0 aliphatic carbocycles. The van der Waals surface area contributed by atoms with Gasteiger partial charge in [-0.05, 0) is 44.7 Å². The fraction of sp³-hybridized carbons (Fsp3) is 0.474. The van der Waals surface area contributed by atoms with Crippen molar-refractivity contribution in [1.29, 1.82) is 0 Å². The lowest BCUT2D eigenvalue weighted by Crippen LogP contribution is -2.45. The Morgan fingerprint density at radius 1 is 1.33 bits per heavy atom. The van der Waals surface area contributed by atoms with E-state index in [4.69, 9.17) is 9.52 Å². The molecule has 5 nitrogen and oxygen atoms in total. The number of likely N-dealkylation sites (tertiary alicyclic amines) is 1. The highest BCUT2D eigenvalue weighted by Crippen LogP contribution is 2.29. The number of hydrogen-bond acceptors (Lipinski definition) is 3. The van der Waals surface area contributed by atoms with Crippen LogP contribution in [0.2, 0.25) is 0 Å². The molecule has 0 radical (unpaired) electrons. The number of benzene rings is 1. The van der Waals surface area contributed by atoms with E-state index in [-0.39, 0.29) is 24.3 Å². The molecule has 2 unspecified atom stereocenters. The molecule has 2 aromatic rings. The summed E-state index contributed by atoms with van der Waals surface area (Å²) in [5.74, 6) is -0.464. The molecule has 128 valence electrons. The lowest BCUT2D eigenvalue weighted by Gasteiger charge is -2.37. The second kappa shape index (κ2) is 7.07. The Kier molecular flexibility index (Phi) is 4.88. The molecule has 0 spiro atoms. The van der Waals surface area contributed by atoms with Gasteiger partial charge in [0.1, 0.15) is 11.3 Å². The van der Waals surface area contributed by atoms with E-state index >= 15 is 0 Å². The number of hydrogen-bond donors (Lipinski definition) is 1. The maximum absolute atomic E-state index is 12.9. The molecule has 5 heteroatoms. The van der Waals surface area contributed by atoms with Crippen LogP contribution in [-0.2, 0) is 9.59 Å². The minimum atomic E-state index is -0.807. The van der Waals surface area contributed by atoms with Crippen LogP contribution in [0, 0.1) is 0 Å². The number of amides is 1. The quantitative estimate of drug-likeness (QED) is 0.906. The van der Waals surface area contributed by atoms with Gasteiger partial charge in [0.25, 0.3) is 0 Å². The van der Waals surface area contributed by atoms with Crippen molar-refractivity contribution in [2.75, 3.05) is 6.54 Å². The molecule has 3 rings (SSSR count). The first-order valence-electron chi connectivity index (χ1n) is 8.57. The van der Waals surface area contributed by atoms with E-state index < -0.39 is 5.97 Å². The van der Waals surface area contributed by atoms with Crippen molar-refractivity contribution in [3.05, 3.63) is 36.1 Å². The highest BCUT2D eigenvalue weighted by atomic mass is 16.4. The van der Waals surface area contributed by atoms with Gasteiger partial charge < -0.3 is 14.4 Å². The van der Waals surface area contributed by atoms with Crippen LogP contribution in [0.5, 0.6) is 0 Å². The zero-order chi connectivity index (χ0) is 17.1.